The smallest absolute Gasteiger partial charge is 0.255 e. The summed E-state index contributed by atoms with van der Waals surface area (Å²) in [5.41, 5.74) is 2.41. The Bertz CT molecular complexity index is 583. The van der Waals surface area contributed by atoms with E-state index < -0.39 is 0 Å². The minimum Gasteiger partial charge on any atom is -0.384 e. The molecule has 1 heterocycles. The molecule has 3 nitrogen and oxygen atoms in total. The van der Waals surface area contributed by atoms with Crippen LogP contribution in [0.25, 0.3) is 0 Å². The van der Waals surface area contributed by atoms with Gasteiger partial charge in [0.2, 0.25) is 0 Å². The number of aliphatic hydroxyl groups excluding tert-OH is 1. The molecule has 1 aliphatic heterocycles. The third-order valence-electron chi connectivity index (χ3n) is 4.33. The Kier molecular flexibility index (Phi) is 5.03. The lowest BCUT2D eigenvalue weighted by Gasteiger charge is -2.35. The van der Waals surface area contributed by atoms with E-state index in [1.54, 1.807) is 0 Å². The number of carbonyl (C=O) groups is 1. The largest absolute Gasteiger partial charge is 0.384 e. The van der Waals surface area contributed by atoms with Crippen molar-refractivity contribution in [3.05, 3.63) is 34.9 Å². The maximum atomic E-state index is 12.7. The highest BCUT2D eigenvalue weighted by atomic mass is 16.2. The van der Waals surface area contributed by atoms with Gasteiger partial charge in [-0.05, 0) is 42.9 Å². The van der Waals surface area contributed by atoms with E-state index in [2.05, 4.69) is 25.7 Å². The number of hydrogen-bond acceptors (Lipinski definition) is 2. The number of carbonyl (C=O) groups excluding carboxylic acids is 1. The van der Waals surface area contributed by atoms with E-state index in [9.17, 15) is 4.79 Å². The van der Waals surface area contributed by atoms with Crippen molar-refractivity contribution in [2.75, 3.05) is 19.7 Å². The molecule has 2 unspecified atom stereocenters. The first kappa shape index (κ1) is 15.6. The molecule has 0 bridgehead atoms. The van der Waals surface area contributed by atoms with Crippen LogP contribution in [0.2, 0.25) is 0 Å². The molecule has 1 saturated heterocycles. The summed E-state index contributed by atoms with van der Waals surface area (Å²) < 4.78 is 0. The van der Waals surface area contributed by atoms with Crippen molar-refractivity contribution in [2.24, 2.45) is 11.8 Å². The Morgan fingerprint density at radius 2 is 2.14 bits per heavy atom. The number of piperidine rings is 1. The first-order valence-electron chi connectivity index (χ1n) is 7.52. The summed E-state index contributed by atoms with van der Waals surface area (Å²) >= 11 is 0. The number of nitrogens with zero attached hydrogens (tertiary/aromatic N) is 1. The molecule has 0 aliphatic carbocycles. The number of amides is 1. The minimum atomic E-state index is -0.195. The van der Waals surface area contributed by atoms with Crippen molar-refractivity contribution in [2.45, 2.75) is 27.2 Å². The van der Waals surface area contributed by atoms with Crippen LogP contribution in [0.3, 0.4) is 0 Å². The summed E-state index contributed by atoms with van der Waals surface area (Å²) in [6, 6.07) is 5.70. The van der Waals surface area contributed by atoms with Crippen LogP contribution in [-0.4, -0.2) is 35.6 Å². The van der Waals surface area contributed by atoms with Gasteiger partial charge in [-0.15, -0.1) is 0 Å². The van der Waals surface area contributed by atoms with Gasteiger partial charge in [0.15, 0.2) is 0 Å². The van der Waals surface area contributed by atoms with E-state index in [4.69, 9.17) is 5.11 Å². The number of aryl methyl sites for hydroxylation is 1. The van der Waals surface area contributed by atoms with Gasteiger partial charge in [-0.25, -0.2) is 0 Å². The summed E-state index contributed by atoms with van der Waals surface area (Å²) in [6.07, 6.45) is 1.05. The minimum absolute atomic E-state index is 0.0518. The number of aliphatic hydroxyl groups is 1. The number of likely N-dealkylation sites (tertiary alicyclic amines) is 1. The lowest BCUT2D eigenvalue weighted by atomic mass is 9.88. The third-order valence-corrected chi connectivity index (χ3v) is 4.33. The zero-order valence-electron chi connectivity index (χ0n) is 13.0. The lowest BCUT2D eigenvalue weighted by molar-refractivity contribution is 0.0627. The molecule has 21 heavy (non-hydrogen) atoms. The second kappa shape index (κ2) is 6.78. The Morgan fingerprint density at radius 1 is 1.38 bits per heavy atom. The Balaban J connectivity index is 2.26. The fourth-order valence-electron chi connectivity index (χ4n) is 2.70. The van der Waals surface area contributed by atoms with Gasteiger partial charge in [0.05, 0.1) is 5.56 Å². The molecular weight excluding hydrogens is 262 g/mol. The summed E-state index contributed by atoms with van der Waals surface area (Å²) in [5, 5.41) is 8.87. The summed E-state index contributed by atoms with van der Waals surface area (Å²) in [6.45, 7) is 7.84. The van der Waals surface area contributed by atoms with E-state index in [-0.39, 0.29) is 12.5 Å². The predicted octanol–water partition coefficient (Wildman–Crippen LogP) is 2.46. The summed E-state index contributed by atoms with van der Waals surface area (Å²) in [4.78, 5) is 14.7. The van der Waals surface area contributed by atoms with Crippen LogP contribution in [0.15, 0.2) is 18.2 Å². The quantitative estimate of drug-likeness (QED) is 0.805. The molecule has 1 aromatic rings. The molecule has 112 valence electrons. The fraction of sp³-hybridized carbons (Fsp3) is 0.500. The predicted molar refractivity (Wildman–Crippen MR) is 84.0 cm³/mol. The zero-order valence-corrected chi connectivity index (χ0v) is 13.0. The molecule has 1 aromatic carbocycles. The maximum Gasteiger partial charge on any atom is 0.255 e. The molecule has 1 N–H and O–H groups in total. The Morgan fingerprint density at radius 3 is 2.81 bits per heavy atom. The molecule has 2 rings (SSSR count). The van der Waals surface area contributed by atoms with Gasteiger partial charge < -0.3 is 10.0 Å². The normalized spacial score (nSPS) is 21.6. The van der Waals surface area contributed by atoms with E-state index in [1.165, 1.54) is 0 Å². The van der Waals surface area contributed by atoms with Crippen LogP contribution in [0, 0.1) is 30.6 Å². The fourth-order valence-corrected chi connectivity index (χ4v) is 2.70. The molecule has 1 fully saturated rings. The van der Waals surface area contributed by atoms with Crippen LogP contribution in [0.4, 0.5) is 0 Å². The van der Waals surface area contributed by atoms with Crippen molar-refractivity contribution in [3.8, 4) is 11.8 Å². The van der Waals surface area contributed by atoms with E-state index in [1.807, 2.05) is 30.0 Å². The van der Waals surface area contributed by atoms with Gasteiger partial charge in [-0.1, -0.05) is 31.8 Å². The molecule has 2 atom stereocenters. The van der Waals surface area contributed by atoms with Crippen molar-refractivity contribution in [3.63, 3.8) is 0 Å². The second-order valence-corrected chi connectivity index (χ2v) is 6.00. The van der Waals surface area contributed by atoms with Crippen LogP contribution < -0.4 is 0 Å². The van der Waals surface area contributed by atoms with Gasteiger partial charge in [0, 0.05) is 18.7 Å². The summed E-state index contributed by atoms with van der Waals surface area (Å²) in [7, 11) is 0. The van der Waals surface area contributed by atoms with Gasteiger partial charge in [0.1, 0.15) is 6.61 Å². The molecular formula is C18H23NO2. The van der Waals surface area contributed by atoms with Crippen LogP contribution in [0.1, 0.15) is 41.8 Å². The SMILES string of the molecule is Cc1ccc(C(=O)N2CCC(C)C(C)C2)c(C#CCO)c1. The van der Waals surface area contributed by atoms with Crippen molar-refractivity contribution < 1.29 is 9.90 Å². The monoisotopic (exact) mass is 285 g/mol. The molecule has 0 aromatic heterocycles. The number of hydrogen-bond donors (Lipinski definition) is 1. The highest BCUT2D eigenvalue weighted by Crippen LogP contribution is 2.24. The van der Waals surface area contributed by atoms with Gasteiger partial charge >= 0.3 is 0 Å². The molecule has 0 saturated carbocycles. The van der Waals surface area contributed by atoms with Gasteiger partial charge in [0.25, 0.3) is 5.91 Å². The first-order valence-corrected chi connectivity index (χ1v) is 7.52. The van der Waals surface area contributed by atoms with E-state index >= 15 is 0 Å². The van der Waals surface area contributed by atoms with Gasteiger partial charge in [-0.2, -0.15) is 0 Å². The van der Waals surface area contributed by atoms with Crippen molar-refractivity contribution >= 4 is 5.91 Å². The van der Waals surface area contributed by atoms with E-state index in [0.717, 1.165) is 25.1 Å². The van der Waals surface area contributed by atoms with Crippen LogP contribution >= 0.6 is 0 Å². The average molecular weight is 285 g/mol. The van der Waals surface area contributed by atoms with Crippen molar-refractivity contribution in [1.29, 1.82) is 0 Å². The topological polar surface area (TPSA) is 40.5 Å². The van der Waals surface area contributed by atoms with E-state index in [0.29, 0.717) is 23.0 Å². The highest BCUT2D eigenvalue weighted by molar-refractivity contribution is 5.97. The average Bonchev–Trinajstić information content (AvgIpc) is 2.47. The third kappa shape index (κ3) is 3.65. The molecule has 1 aliphatic rings. The number of benzene rings is 1. The van der Waals surface area contributed by atoms with Crippen LogP contribution in [-0.2, 0) is 0 Å². The lowest BCUT2D eigenvalue weighted by Crippen LogP contribution is -2.42. The standard InChI is InChI=1S/C18H23NO2/c1-13-6-7-17(16(11-13)5-4-10-20)18(21)19-9-8-14(2)15(3)12-19/h6-7,11,14-15,20H,8-10,12H2,1-3H3. The Labute approximate surface area is 127 Å². The summed E-state index contributed by atoms with van der Waals surface area (Å²) in [5.74, 6) is 6.78. The molecule has 3 heteroatoms. The van der Waals surface area contributed by atoms with Gasteiger partial charge in [-0.3, -0.25) is 4.79 Å². The Hall–Kier alpha value is -1.79. The molecule has 1 amide bonds. The van der Waals surface area contributed by atoms with Crippen molar-refractivity contribution in [1.82, 2.24) is 4.90 Å². The molecule has 0 radical (unpaired) electrons. The maximum absolute atomic E-state index is 12.7. The zero-order chi connectivity index (χ0) is 15.4. The number of rotatable bonds is 1. The second-order valence-electron chi connectivity index (χ2n) is 6.00. The van der Waals surface area contributed by atoms with Crippen LogP contribution in [0.5, 0.6) is 0 Å². The highest BCUT2D eigenvalue weighted by Gasteiger charge is 2.27. The first-order chi connectivity index (χ1) is 10.0. The molecule has 0 spiro atoms.